The van der Waals surface area contributed by atoms with Gasteiger partial charge in [0, 0.05) is 5.38 Å². The van der Waals surface area contributed by atoms with E-state index in [0.717, 1.165) is 28.0 Å². The molecular formula is C19H15BrN2OS. The minimum atomic E-state index is 0. The van der Waals surface area contributed by atoms with E-state index < -0.39 is 0 Å². The number of furan rings is 1. The third-order valence-corrected chi connectivity index (χ3v) is 4.39. The Hall–Kier alpha value is -2.37. The van der Waals surface area contributed by atoms with Crippen molar-refractivity contribution >= 4 is 22.2 Å². The van der Waals surface area contributed by atoms with Gasteiger partial charge in [0.05, 0.1) is 6.26 Å². The van der Waals surface area contributed by atoms with E-state index in [1.807, 2.05) is 48.5 Å². The van der Waals surface area contributed by atoms with E-state index in [9.17, 15) is 0 Å². The first kappa shape index (κ1) is 16.5. The molecule has 3 nitrogen and oxygen atoms in total. The molecule has 0 saturated carbocycles. The molecule has 120 valence electrons. The second-order valence-electron chi connectivity index (χ2n) is 5.07. The largest absolute Gasteiger partial charge is 1.00 e. The molecule has 0 unspecified atom stereocenters. The van der Waals surface area contributed by atoms with E-state index in [-0.39, 0.29) is 17.0 Å². The van der Waals surface area contributed by atoms with Crippen LogP contribution in [0.15, 0.2) is 88.9 Å². The molecule has 4 aromatic rings. The summed E-state index contributed by atoms with van der Waals surface area (Å²) >= 11 is 1.66. The van der Waals surface area contributed by atoms with Crippen LogP contribution in [0.1, 0.15) is 0 Å². The SMILES string of the molecule is [Br-].c1ccc(Nc2scc(-c3ccco3)[n+]2-c2ccccc2)cc1. The Kier molecular flexibility index (Phi) is 5.13. The van der Waals surface area contributed by atoms with Gasteiger partial charge in [-0.25, -0.2) is 5.32 Å². The monoisotopic (exact) mass is 398 g/mol. The van der Waals surface area contributed by atoms with Gasteiger partial charge in [0.15, 0.2) is 11.5 Å². The number of hydrogen-bond donors (Lipinski definition) is 1. The Labute approximate surface area is 155 Å². The molecule has 2 aromatic heterocycles. The lowest BCUT2D eigenvalue weighted by Gasteiger charge is -2.04. The second kappa shape index (κ2) is 7.47. The second-order valence-corrected chi connectivity index (χ2v) is 5.92. The highest BCUT2D eigenvalue weighted by molar-refractivity contribution is 7.13. The topological polar surface area (TPSA) is 29.1 Å². The van der Waals surface area contributed by atoms with E-state index in [2.05, 4.69) is 39.5 Å². The number of para-hydroxylation sites is 2. The van der Waals surface area contributed by atoms with Gasteiger partial charge in [-0.1, -0.05) is 47.7 Å². The van der Waals surface area contributed by atoms with Gasteiger partial charge >= 0.3 is 5.13 Å². The number of rotatable bonds is 4. The summed E-state index contributed by atoms with van der Waals surface area (Å²) in [4.78, 5) is 0. The van der Waals surface area contributed by atoms with E-state index in [4.69, 9.17) is 4.42 Å². The van der Waals surface area contributed by atoms with E-state index in [0.29, 0.717) is 0 Å². The van der Waals surface area contributed by atoms with E-state index in [1.165, 1.54) is 0 Å². The summed E-state index contributed by atoms with van der Waals surface area (Å²) in [6.45, 7) is 0. The van der Waals surface area contributed by atoms with Crippen LogP contribution in [0.2, 0.25) is 0 Å². The molecule has 24 heavy (non-hydrogen) atoms. The van der Waals surface area contributed by atoms with Gasteiger partial charge < -0.3 is 21.4 Å². The number of thiazole rings is 1. The van der Waals surface area contributed by atoms with Crippen LogP contribution < -0.4 is 26.9 Å². The summed E-state index contributed by atoms with van der Waals surface area (Å²) in [5, 5.41) is 6.64. The minimum Gasteiger partial charge on any atom is -1.00 e. The van der Waals surface area contributed by atoms with Crippen molar-refractivity contribution in [3.05, 3.63) is 84.4 Å². The van der Waals surface area contributed by atoms with Gasteiger partial charge in [-0.3, -0.25) is 0 Å². The highest BCUT2D eigenvalue weighted by atomic mass is 79.9. The fourth-order valence-electron chi connectivity index (χ4n) is 2.48. The Morgan fingerprint density at radius 2 is 1.54 bits per heavy atom. The lowest BCUT2D eigenvalue weighted by atomic mass is 10.3. The summed E-state index contributed by atoms with van der Waals surface area (Å²) in [7, 11) is 0. The Morgan fingerprint density at radius 1 is 0.833 bits per heavy atom. The predicted octanol–water partition coefficient (Wildman–Crippen LogP) is 2.03. The maximum absolute atomic E-state index is 5.60. The van der Waals surface area contributed by atoms with Crippen LogP contribution in [-0.2, 0) is 0 Å². The van der Waals surface area contributed by atoms with Gasteiger partial charge in [0.2, 0.25) is 0 Å². The zero-order chi connectivity index (χ0) is 15.5. The molecule has 0 bridgehead atoms. The standard InChI is InChI=1S/C19H14N2OS.BrH/c1-3-8-15(9-4-1)20-19-21(16-10-5-2-6-11-16)17(14-23-19)18-12-7-13-22-18;/h1-14H;1H. The van der Waals surface area contributed by atoms with Crippen LogP contribution in [0.25, 0.3) is 17.1 Å². The molecule has 0 radical (unpaired) electrons. The number of anilines is 2. The maximum Gasteiger partial charge on any atom is 0.344 e. The van der Waals surface area contributed by atoms with Crippen molar-refractivity contribution in [3.8, 4) is 17.1 Å². The number of nitrogens with zero attached hydrogens (tertiary/aromatic N) is 1. The molecule has 2 aromatic carbocycles. The highest BCUT2D eigenvalue weighted by Crippen LogP contribution is 2.27. The third kappa shape index (κ3) is 3.27. The first-order chi connectivity index (χ1) is 11.4. The first-order valence-electron chi connectivity index (χ1n) is 7.37. The summed E-state index contributed by atoms with van der Waals surface area (Å²) in [5.41, 5.74) is 3.19. The number of hydrogen-bond acceptors (Lipinski definition) is 3. The van der Waals surface area contributed by atoms with Crippen molar-refractivity contribution < 1.29 is 26.0 Å². The Morgan fingerprint density at radius 3 is 2.21 bits per heavy atom. The number of aromatic nitrogens is 1. The van der Waals surface area contributed by atoms with Gasteiger partial charge in [-0.2, -0.15) is 4.57 Å². The average molecular weight is 399 g/mol. The molecular weight excluding hydrogens is 384 g/mol. The van der Waals surface area contributed by atoms with Crippen LogP contribution in [0.5, 0.6) is 0 Å². The summed E-state index contributed by atoms with van der Waals surface area (Å²) in [5.74, 6) is 0.853. The zero-order valence-electron chi connectivity index (χ0n) is 12.7. The maximum atomic E-state index is 5.60. The molecule has 0 fully saturated rings. The van der Waals surface area contributed by atoms with E-state index in [1.54, 1.807) is 17.6 Å². The summed E-state index contributed by atoms with van der Waals surface area (Å²) < 4.78 is 7.78. The van der Waals surface area contributed by atoms with Crippen LogP contribution in [0.3, 0.4) is 0 Å². The Bertz CT molecular complexity index is 890. The van der Waals surface area contributed by atoms with Crippen LogP contribution in [-0.4, -0.2) is 0 Å². The molecule has 1 N–H and O–H groups in total. The lowest BCUT2D eigenvalue weighted by molar-refractivity contribution is -0.564. The van der Waals surface area contributed by atoms with Crippen molar-refractivity contribution in [1.29, 1.82) is 0 Å². The predicted molar refractivity (Wildman–Crippen MR) is 93.3 cm³/mol. The van der Waals surface area contributed by atoms with Gasteiger partial charge in [0.1, 0.15) is 11.4 Å². The summed E-state index contributed by atoms with van der Waals surface area (Å²) in [6.07, 6.45) is 1.70. The van der Waals surface area contributed by atoms with Crippen molar-refractivity contribution in [2.45, 2.75) is 0 Å². The molecule has 0 amide bonds. The molecule has 2 heterocycles. The van der Waals surface area contributed by atoms with Crippen molar-refractivity contribution in [1.82, 2.24) is 0 Å². The van der Waals surface area contributed by atoms with Crippen molar-refractivity contribution in [2.75, 3.05) is 5.32 Å². The van der Waals surface area contributed by atoms with Crippen LogP contribution >= 0.6 is 11.3 Å². The van der Waals surface area contributed by atoms with Crippen molar-refractivity contribution in [2.24, 2.45) is 0 Å². The third-order valence-electron chi connectivity index (χ3n) is 3.54. The van der Waals surface area contributed by atoms with Gasteiger partial charge in [-0.05, 0) is 36.4 Å². The van der Waals surface area contributed by atoms with E-state index >= 15 is 0 Å². The number of benzene rings is 2. The Balaban J connectivity index is 0.00000169. The number of halogens is 1. The zero-order valence-corrected chi connectivity index (χ0v) is 15.1. The van der Waals surface area contributed by atoms with Gasteiger partial charge in [-0.15, -0.1) is 0 Å². The van der Waals surface area contributed by atoms with Crippen LogP contribution in [0, 0.1) is 0 Å². The molecule has 0 aliphatic carbocycles. The van der Waals surface area contributed by atoms with Crippen LogP contribution in [0.4, 0.5) is 10.8 Å². The summed E-state index contributed by atoms with van der Waals surface area (Å²) in [6, 6.07) is 24.4. The normalized spacial score (nSPS) is 10.2. The molecule has 5 heteroatoms. The fraction of sp³-hybridized carbons (Fsp3) is 0. The molecule has 0 atom stereocenters. The molecule has 0 aliphatic rings. The highest BCUT2D eigenvalue weighted by Gasteiger charge is 2.22. The fourth-order valence-corrected chi connectivity index (χ4v) is 3.41. The van der Waals surface area contributed by atoms with Gasteiger partial charge in [0.25, 0.3) is 0 Å². The molecule has 0 aliphatic heterocycles. The molecule has 0 saturated heterocycles. The first-order valence-corrected chi connectivity index (χ1v) is 8.25. The quantitative estimate of drug-likeness (QED) is 0.533. The molecule has 0 spiro atoms. The van der Waals surface area contributed by atoms with Crippen molar-refractivity contribution in [3.63, 3.8) is 0 Å². The minimum absolute atomic E-state index is 0. The number of nitrogens with one attached hydrogen (secondary N) is 1. The average Bonchev–Trinajstić information content (AvgIpc) is 3.26. The lowest BCUT2D eigenvalue weighted by Crippen LogP contribution is -3.00. The molecule has 4 rings (SSSR count). The smallest absolute Gasteiger partial charge is 0.344 e.